The molecule has 5 nitrogen and oxygen atoms in total. The maximum atomic E-state index is 12.3. The average Bonchev–Trinajstić information content (AvgIpc) is 2.94. The van der Waals surface area contributed by atoms with Crippen molar-refractivity contribution in [2.75, 3.05) is 5.32 Å². The van der Waals surface area contributed by atoms with Gasteiger partial charge in [0.25, 0.3) is 6.43 Å². The fourth-order valence-electron chi connectivity index (χ4n) is 1.47. The molecule has 10 heteroatoms. The van der Waals surface area contributed by atoms with E-state index in [1.54, 1.807) is 0 Å². The number of nitrogens with one attached hydrogen (secondary N) is 1. The fraction of sp³-hybridized carbons (Fsp3) is 0.400. The molecule has 0 bridgehead atoms. The molecule has 2 heterocycles. The summed E-state index contributed by atoms with van der Waals surface area (Å²) in [6, 6.07) is 1.40. The van der Waals surface area contributed by atoms with Crippen LogP contribution in [0.2, 0.25) is 0 Å². The van der Waals surface area contributed by atoms with Gasteiger partial charge in [-0.3, -0.25) is 4.68 Å². The molecule has 0 fully saturated rings. The van der Waals surface area contributed by atoms with E-state index in [9.17, 15) is 17.6 Å². The van der Waals surface area contributed by atoms with Gasteiger partial charge in [-0.05, 0) is 0 Å². The van der Waals surface area contributed by atoms with E-state index in [1.165, 1.54) is 18.5 Å². The smallest absolute Gasteiger partial charge is 0.333 e. The second kappa shape index (κ2) is 7.13. The van der Waals surface area contributed by atoms with Crippen molar-refractivity contribution in [3.8, 4) is 0 Å². The van der Waals surface area contributed by atoms with Gasteiger partial charge >= 0.3 is 6.55 Å². The first-order valence-corrected chi connectivity index (χ1v) is 5.41. The van der Waals surface area contributed by atoms with E-state index in [0.717, 1.165) is 10.9 Å². The highest BCUT2D eigenvalue weighted by atomic mass is 35.5. The van der Waals surface area contributed by atoms with Crippen molar-refractivity contribution < 1.29 is 17.6 Å². The normalized spacial score (nSPS) is 10.9. The Hall–Kier alpha value is -1.77. The molecule has 0 unspecified atom stereocenters. The summed E-state index contributed by atoms with van der Waals surface area (Å²) in [7, 11) is 0. The lowest BCUT2D eigenvalue weighted by Crippen LogP contribution is -2.06. The molecule has 0 radical (unpaired) electrons. The summed E-state index contributed by atoms with van der Waals surface area (Å²) < 4.78 is 50.4. The van der Waals surface area contributed by atoms with Crippen molar-refractivity contribution in [1.82, 2.24) is 19.6 Å². The SMILES string of the molecule is Cl.FC(F)Cn1cc(CNc2ccn(C(F)F)n2)cn1. The van der Waals surface area contributed by atoms with E-state index in [4.69, 9.17) is 0 Å². The Kier molecular flexibility index (Phi) is 5.81. The lowest BCUT2D eigenvalue weighted by atomic mass is 10.3. The number of aromatic nitrogens is 4. The largest absolute Gasteiger partial charge is 0.364 e. The molecule has 1 N–H and O–H groups in total. The molecular weight excluding hydrogens is 302 g/mol. The van der Waals surface area contributed by atoms with Crippen LogP contribution in [0, 0.1) is 0 Å². The minimum atomic E-state index is -2.69. The molecule has 2 aromatic heterocycles. The van der Waals surface area contributed by atoms with Crippen molar-refractivity contribution in [3.63, 3.8) is 0 Å². The summed E-state index contributed by atoms with van der Waals surface area (Å²) in [5, 5.41) is 10.1. The van der Waals surface area contributed by atoms with Gasteiger partial charge in [0.2, 0.25) is 0 Å². The van der Waals surface area contributed by atoms with E-state index in [1.807, 2.05) is 0 Å². The van der Waals surface area contributed by atoms with Crippen LogP contribution in [-0.4, -0.2) is 26.0 Å². The van der Waals surface area contributed by atoms with Crippen LogP contribution in [0.4, 0.5) is 23.4 Å². The van der Waals surface area contributed by atoms with Gasteiger partial charge < -0.3 is 5.32 Å². The van der Waals surface area contributed by atoms with Crippen molar-refractivity contribution >= 4 is 18.2 Å². The number of anilines is 1. The van der Waals surface area contributed by atoms with Gasteiger partial charge in [0.1, 0.15) is 12.4 Å². The van der Waals surface area contributed by atoms with Gasteiger partial charge in [-0.25, -0.2) is 13.5 Å². The molecule has 0 aromatic carbocycles. The third kappa shape index (κ3) is 4.41. The number of hydrogen-bond acceptors (Lipinski definition) is 3. The van der Waals surface area contributed by atoms with E-state index >= 15 is 0 Å². The number of alkyl halides is 4. The number of hydrogen-bond donors (Lipinski definition) is 1. The average molecular weight is 314 g/mol. The molecule has 0 spiro atoms. The fourth-order valence-corrected chi connectivity index (χ4v) is 1.47. The summed E-state index contributed by atoms with van der Waals surface area (Å²) in [4.78, 5) is 0. The highest BCUT2D eigenvalue weighted by molar-refractivity contribution is 5.85. The van der Waals surface area contributed by atoms with Crippen LogP contribution in [0.1, 0.15) is 12.1 Å². The topological polar surface area (TPSA) is 47.7 Å². The summed E-state index contributed by atoms with van der Waals surface area (Å²) in [5.41, 5.74) is 0.659. The lowest BCUT2D eigenvalue weighted by molar-refractivity contribution is 0.0569. The highest BCUT2D eigenvalue weighted by Crippen LogP contribution is 2.12. The maximum absolute atomic E-state index is 12.3. The molecule has 0 saturated heterocycles. The van der Waals surface area contributed by atoms with Crippen LogP contribution in [-0.2, 0) is 13.1 Å². The molecule has 0 atom stereocenters. The molecular formula is C10H12ClF4N5. The van der Waals surface area contributed by atoms with E-state index in [-0.39, 0.29) is 24.8 Å². The summed E-state index contributed by atoms with van der Waals surface area (Å²) >= 11 is 0. The van der Waals surface area contributed by atoms with Crippen molar-refractivity contribution in [2.45, 2.75) is 26.1 Å². The van der Waals surface area contributed by atoms with Gasteiger partial charge in [-0.15, -0.1) is 12.4 Å². The van der Waals surface area contributed by atoms with Crippen LogP contribution in [0.25, 0.3) is 0 Å². The third-order valence-corrected chi connectivity index (χ3v) is 2.29. The molecule has 0 aliphatic rings. The number of nitrogens with zero attached hydrogens (tertiary/aromatic N) is 4. The van der Waals surface area contributed by atoms with Gasteiger partial charge in [0.15, 0.2) is 0 Å². The Morgan fingerprint density at radius 2 is 2.00 bits per heavy atom. The number of halogens is 5. The Balaban J connectivity index is 0.00000200. The summed E-state index contributed by atoms with van der Waals surface area (Å²) in [5.74, 6) is 0.280. The van der Waals surface area contributed by atoms with Gasteiger partial charge in [0.05, 0.1) is 6.20 Å². The molecule has 20 heavy (non-hydrogen) atoms. The Labute approximate surface area is 118 Å². The summed E-state index contributed by atoms with van der Waals surface area (Å²) in [6.45, 7) is -2.90. The first kappa shape index (κ1) is 16.3. The Bertz CT molecular complexity index is 527. The second-order valence-electron chi connectivity index (χ2n) is 3.77. The van der Waals surface area contributed by atoms with Gasteiger partial charge in [-0.1, -0.05) is 0 Å². The zero-order valence-corrected chi connectivity index (χ0v) is 10.9. The minimum absolute atomic E-state index is 0. The zero-order chi connectivity index (χ0) is 13.8. The third-order valence-electron chi connectivity index (χ3n) is 2.29. The molecule has 0 aliphatic carbocycles. The van der Waals surface area contributed by atoms with Crippen LogP contribution in [0.15, 0.2) is 24.7 Å². The van der Waals surface area contributed by atoms with Crippen LogP contribution in [0.5, 0.6) is 0 Å². The molecule has 0 amide bonds. The van der Waals surface area contributed by atoms with Crippen molar-refractivity contribution in [1.29, 1.82) is 0 Å². The van der Waals surface area contributed by atoms with Crippen molar-refractivity contribution in [2.24, 2.45) is 0 Å². The predicted molar refractivity (Wildman–Crippen MR) is 66.3 cm³/mol. The van der Waals surface area contributed by atoms with E-state index < -0.39 is 19.5 Å². The molecule has 0 aliphatic heterocycles. The lowest BCUT2D eigenvalue weighted by Gasteiger charge is -2.01. The van der Waals surface area contributed by atoms with Crippen LogP contribution >= 0.6 is 12.4 Å². The van der Waals surface area contributed by atoms with Crippen LogP contribution in [0.3, 0.4) is 0 Å². The first-order chi connectivity index (χ1) is 9.04. The van der Waals surface area contributed by atoms with Crippen LogP contribution < -0.4 is 5.32 Å². The Morgan fingerprint density at radius 1 is 1.25 bits per heavy atom. The van der Waals surface area contributed by atoms with E-state index in [0.29, 0.717) is 10.2 Å². The monoisotopic (exact) mass is 313 g/mol. The number of rotatable bonds is 6. The molecule has 0 saturated carbocycles. The van der Waals surface area contributed by atoms with Gasteiger partial charge in [0, 0.05) is 30.6 Å². The molecule has 2 aromatic rings. The second-order valence-corrected chi connectivity index (χ2v) is 3.77. The highest BCUT2D eigenvalue weighted by Gasteiger charge is 2.08. The molecule has 112 valence electrons. The van der Waals surface area contributed by atoms with Crippen molar-refractivity contribution in [3.05, 3.63) is 30.2 Å². The minimum Gasteiger partial charge on any atom is -0.364 e. The standard InChI is InChI=1S/C10H11F4N5.ClH/c11-8(12)6-18-5-7(4-16-18)3-15-9-1-2-19(17-9)10(13)14;/h1-2,4-5,8,10H,3,6H2,(H,15,17);1H. The molecule has 2 rings (SSSR count). The Morgan fingerprint density at radius 3 is 2.60 bits per heavy atom. The first-order valence-electron chi connectivity index (χ1n) is 5.41. The zero-order valence-electron chi connectivity index (χ0n) is 10.1. The predicted octanol–water partition coefficient (Wildman–Crippen LogP) is 2.77. The maximum Gasteiger partial charge on any atom is 0.333 e. The van der Waals surface area contributed by atoms with Gasteiger partial charge in [-0.2, -0.15) is 19.0 Å². The quantitative estimate of drug-likeness (QED) is 0.834. The van der Waals surface area contributed by atoms with E-state index in [2.05, 4.69) is 15.5 Å². The summed E-state index contributed by atoms with van der Waals surface area (Å²) in [6.07, 6.45) is 1.57.